The summed E-state index contributed by atoms with van der Waals surface area (Å²) >= 11 is 0. The number of anilines is 1. The van der Waals surface area contributed by atoms with Crippen molar-refractivity contribution in [2.75, 3.05) is 25.0 Å². The number of piperidine rings is 1. The van der Waals surface area contributed by atoms with Crippen LogP contribution in [0.2, 0.25) is 0 Å². The van der Waals surface area contributed by atoms with Crippen molar-refractivity contribution in [3.05, 3.63) is 63.5 Å². The molecule has 1 fully saturated rings. The number of nitrogens with zero attached hydrogens (tertiary/aromatic N) is 2. The number of nitro benzene ring substituents is 1. The van der Waals surface area contributed by atoms with E-state index in [4.69, 9.17) is 4.74 Å². The van der Waals surface area contributed by atoms with Crippen LogP contribution in [0.4, 0.5) is 15.8 Å². The molecule has 0 spiro atoms. The zero-order valence-corrected chi connectivity index (χ0v) is 18.6. The lowest BCUT2D eigenvalue weighted by atomic mass is 10.2. The highest BCUT2D eigenvalue weighted by Gasteiger charge is 2.29. The molecule has 0 aliphatic carbocycles. The number of esters is 1. The van der Waals surface area contributed by atoms with E-state index in [0.717, 1.165) is 24.6 Å². The van der Waals surface area contributed by atoms with Crippen molar-refractivity contribution in [3.8, 4) is 0 Å². The van der Waals surface area contributed by atoms with Crippen molar-refractivity contribution < 1.29 is 32.1 Å². The first-order valence-corrected chi connectivity index (χ1v) is 11.6. The van der Waals surface area contributed by atoms with Crippen molar-refractivity contribution in [1.82, 2.24) is 4.31 Å². The summed E-state index contributed by atoms with van der Waals surface area (Å²) in [6.07, 6.45) is 2.22. The van der Waals surface area contributed by atoms with E-state index >= 15 is 0 Å². The molecule has 1 heterocycles. The summed E-state index contributed by atoms with van der Waals surface area (Å²) in [6, 6.07) is 6.91. The topological polar surface area (TPSA) is 136 Å². The highest BCUT2D eigenvalue weighted by molar-refractivity contribution is 7.89. The van der Waals surface area contributed by atoms with Crippen LogP contribution in [0, 0.1) is 22.9 Å². The molecule has 1 amide bonds. The van der Waals surface area contributed by atoms with Gasteiger partial charge in [-0.25, -0.2) is 17.6 Å². The van der Waals surface area contributed by atoms with E-state index in [1.54, 1.807) is 6.92 Å². The van der Waals surface area contributed by atoms with Crippen molar-refractivity contribution in [2.45, 2.75) is 31.1 Å². The summed E-state index contributed by atoms with van der Waals surface area (Å²) in [5, 5.41) is 13.4. The number of sulfonamides is 1. The summed E-state index contributed by atoms with van der Waals surface area (Å²) in [5.74, 6) is -2.77. The van der Waals surface area contributed by atoms with Crippen molar-refractivity contribution in [3.63, 3.8) is 0 Å². The van der Waals surface area contributed by atoms with Gasteiger partial charge in [-0.1, -0.05) is 12.5 Å². The van der Waals surface area contributed by atoms with Crippen LogP contribution < -0.4 is 5.32 Å². The molecule has 2 aromatic rings. The molecule has 0 radical (unpaired) electrons. The lowest BCUT2D eigenvalue weighted by Gasteiger charge is -2.26. The molecular formula is C21H22FN3O7S. The molecule has 10 nitrogen and oxygen atoms in total. The predicted molar refractivity (Wildman–Crippen MR) is 116 cm³/mol. The Labute approximate surface area is 189 Å². The fourth-order valence-electron chi connectivity index (χ4n) is 3.37. The van der Waals surface area contributed by atoms with Gasteiger partial charge in [0.15, 0.2) is 6.61 Å². The van der Waals surface area contributed by atoms with Gasteiger partial charge >= 0.3 is 5.97 Å². The lowest BCUT2D eigenvalue weighted by molar-refractivity contribution is -0.385. The van der Waals surface area contributed by atoms with Gasteiger partial charge < -0.3 is 10.1 Å². The second kappa shape index (κ2) is 10.0. The summed E-state index contributed by atoms with van der Waals surface area (Å²) in [5.41, 5.74) is 0.144. The second-order valence-corrected chi connectivity index (χ2v) is 9.40. The maximum Gasteiger partial charge on any atom is 0.338 e. The van der Waals surface area contributed by atoms with Crippen LogP contribution in [-0.4, -0.2) is 49.2 Å². The number of carbonyl (C=O) groups is 2. The standard InChI is InChI=1S/C21H22FN3O7S/c1-14-5-7-16(12-18(14)25(28)29)23-20(26)13-32-21(27)15-6-8-17(22)19(11-15)33(30,31)24-9-3-2-4-10-24/h5-8,11-12H,2-4,9-10,13H2,1H3,(H,23,26). The Kier molecular flexibility index (Phi) is 7.39. The molecule has 0 bridgehead atoms. The molecule has 0 unspecified atom stereocenters. The first-order valence-electron chi connectivity index (χ1n) is 10.1. The molecule has 2 aromatic carbocycles. The molecule has 0 aromatic heterocycles. The normalized spacial score (nSPS) is 14.5. The molecule has 1 aliphatic heterocycles. The zero-order chi connectivity index (χ0) is 24.2. The number of amides is 1. The number of carbonyl (C=O) groups excluding carboxylic acids is 2. The van der Waals surface area contributed by atoms with Crippen LogP contribution in [0.15, 0.2) is 41.3 Å². The van der Waals surface area contributed by atoms with E-state index in [1.807, 2.05) is 0 Å². The molecule has 0 saturated carbocycles. The number of halogens is 1. The Morgan fingerprint density at radius 3 is 2.52 bits per heavy atom. The van der Waals surface area contributed by atoms with Gasteiger partial charge in [0.25, 0.3) is 11.6 Å². The Bertz CT molecular complexity index is 1190. The maximum absolute atomic E-state index is 14.3. The molecule has 0 atom stereocenters. The highest BCUT2D eigenvalue weighted by Crippen LogP contribution is 2.25. The Morgan fingerprint density at radius 1 is 1.15 bits per heavy atom. The maximum atomic E-state index is 14.3. The molecule has 12 heteroatoms. The van der Waals surface area contributed by atoms with Crippen molar-refractivity contribution in [2.24, 2.45) is 0 Å². The van der Waals surface area contributed by atoms with E-state index < -0.39 is 44.1 Å². The first-order chi connectivity index (χ1) is 15.6. The fraction of sp³-hybridized carbons (Fsp3) is 0.333. The van der Waals surface area contributed by atoms with Gasteiger partial charge in [0.05, 0.1) is 10.5 Å². The van der Waals surface area contributed by atoms with Crippen LogP contribution >= 0.6 is 0 Å². The van der Waals surface area contributed by atoms with Gasteiger partial charge in [-0.3, -0.25) is 14.9 Å². The molecule has 176 valence electrons. The van der Waals surface area contributed by atoms with Crippen molar-refractivity contribution in [1.29, 1.82) is 0 Å². The highest BCUT2D eigenvalue weighted by atomic mass is 32.2. The number of hydrogen-bond acceptors (Lipinski definition) is 7. The molecule has 1 aliphatic rings. The summed E-state index contributed by atoms with van der Waals surface area (Å²) in [6.45, 7) is 1.36. The predicted octanol–water partition coefficient (Wildman–Crippen LogP) is 3.01. The Balaban J connectivity index is 1.67. The number of benzene rings is 2. The summed E-state index contributed by atoms with van der Waals surface area (Å²) < 4.78 is 45.9. The average Bonchev–Trinajstić information content (AvgIpc) is 2.79. The fourth-order valence-corrected chi connectivity index (χ4v) is 4.98. The Hall–Kier alpha value is -3.38. The van der Waals surface area contributed by atoms with Crippen LogP contribution in [0.3, 0.4) is 0 Å². The van der Waals surface area contributed by atoms with E-state index in [9.17, 15) is 32.5 Å². The lowest BCUT2D eigenvalue weighted by Crippen LogP contribution is -2.36. The van der Waals surface area contributed by atoms with Crippen LogP contribution in [0.1, 0.15) is 35.2 Å². The quantitative estimate of drug-likeness (QED) is 0.366. The number of ether oxygens (including phenoxy) is 1. The van der Waals surface area contributed by atoms with Crippen LogP contribution in [0.5, 0.6) is 0 Å². The monoisotopic (exact) mass is 479 g/mol. The van der Waals surface area contributed by atoms with E-state index in [1.165, 1.54) is 22.5 Å². The smallest absolute Gasteiger partial charge is 0.338 e. The van der Waals surface area contributed by atoms with Crippen LogP contribution in [0.25, 0.3) is 0 Å². The summed E-state index contributed by atoms with van der Waals surface area (Å²) in [4.78, 5) is 34.2. The van der Waals surface area contributed by atoms with Gasteiger partial charge in [0.1, 0.15) is 10.7 Å². The number of hydrogen-bond donors (Lipinski definition) is 1. The van der Waals surface area contributed by atoms with E-state index in [2.05, 4.69) is 5.32 Å². The van der Waals surface area contributed by atoms with Crippen LogP contribution in [-0.2, 0) is 19.6 Å². The van der Waals surface area contributed by atoms with E-state index in [-0.39, 0.29) is 30.0 Å². The molecule has 33 heavy (non-hydrogen) atoms. The van der Waals surface area contributed by atoms with Crippen molar-refractivity contribution >= 4 is 33.3 Å². The molecule has 1 saturated heterocycles. The first kappa shape index (κ1) is 24.3. The third-order valence-electron chi connectivity index (χ3n) is 5.12. The van der Waals surface area contributed by atoms with E-state index in [0.29, 0.717) is 18.4 Å². The summed E-state index contributed by atoms with van der Waals surface area (Å²) in [7, 11) is -4.12. The van der Waals surface area contributed by atoms with Gasteiger partial charge in [-0.15, -0.1) is 0 Å². The molecule has 1 N–H and O–H groups in total. The van der Waals surface area contributed by atoms with Gasteiger partial charge in [-0.2, -0.15) is 4.31 Å². The largest absolute Gasteiger partial charge is 0.452 e. The second-order valence-electron chi connectivity index (χ2n) is 7.49. The number of nitro groups is 1. The SMILES string of the molecule is Cc1ccc(NC(=O)COC(=O)c2ccc(F)c(S(=O)(=O)N3CCCCC3)c2)cc1[N+](=O)[O-]. The number of aryl methyl sites for hydroxylation is 1. The van der Waals surface area contributed by atoms with Gasteiger partial charge in [-0.05, 0) is 44.0 Å². The van der Waals surface area contributed by atoms with Gasteiger partial charge in [0, 0.05) is 30.4 Å². The number of nitrogens with one attached hydrogen (secondary N) is 1. The minimum Gasteiger partial charge on any atom is -0.452 e. The molecule has 3 rings (SSSR count). The third-order valence-corrected chi connectivity index (χ3v) is 7.04. The average molecular weight is 479 g/mol. The number of rotatable bonds is 7. The zero-order valence-electron chi connectivity index (χ0n) is 17.7. The van der Waals surface area contributed by atoms with Gasteiger partial charge in [0.2, 0.25) is 10.0 Å². The minimum atomic E-state index is -4.12. The minimum absolute atomic E-state index is 0.144. The third kappa shape index (κ3) is 5.71. The molecular weight excluding hydrogens is 457 g/mol. The Morgan fingerprint density at radius 2 is 1.85 bits per heavy atom.